The third-order valence-electron chi connectivity index (χ3n) is 5.23. The van der Waals surface area contributed by atoms with E-state index in [0.29, 0.717) is 33.8 Å². The molecule has 1 heterocycles. The van der Waals surface area contributed by atoms with E-state index in [-0.39, 0.29) is 25.6 Å². The van der Waals surface area contributed by atoms with Crippen molar-refractivity contribution in [1.82, 2.24) is 14.5 Å². The van der Waals surface area contributed by atoms with Crippen molar-refractivity contribution in [3.63, 3.8) is 0 Å². The molecule has 0 aliphatic carbocycles. The Morgan fingerprint density at radius 2 is 1.76 bits per heavy atom. The molecule has 0 fully saturated rings. The molecule has 34 heavy (non-hydrogen) atoms. The fraction of sp³-hybridized carbons (Fsp3) is 0.375. The molecule has 1 atom stereocenters. The Labute approximate surface area is 194 Å². The van der Waals surface area contributed by atoms with Crippen LogP contribution in [0, 0.1) is 0 Å². The molecule has 0 bridgehead atoms. The second-order valence-electron chi connectivity index (χ2n) is 7.42. The molecule has 1 unspecified atom stereocenters. The van der Waals surface area contributed by atoms with Crippen LogP contribution >= 0.6 is 0 Å². The Morgan fingerprint density at radius 3 is 2.38 bits per heavy atom. The van der Waals surface area contributed by atoms with E-state index in [1.54, 1.807) is 55.5 Å². The monoisotopic (exact) mass is 477 g/mol. The van der Waals surface area contributed by atoms with Crippen molar-refractivity contribution >= 4 is 16.8 Å². The van der Waals surface area contributed by atoms with Crippen LogP contribution in [0.4, 0.5) is 13.2 Å². The van der Waals surface area contributed by atoms with Gasteiger partial charge in [-0.2, -0.15) is 13.2 Å². The zero-order valence-corrected chi connectivity index (χ0v) is 19.1. The smallest absolute Gasteiger partial charge is 0.471 e. The number of rotatable bonds is 9. The van der Waals surface area contributed by atoms with Gasteiger partial charge in [-0.05, 0) is 57.2 Å². The Kier molecular flexibility index (Phi) is 7.93. The molecule has 3 aromatic rings. The van der Waals surface area contributed by atoms with Crippen molar-refractivity contribution in [2.45, 2.75) is 33.0 Å². The number of alkyl halides is 3. The van der Waals surface area contributed by atoms with Gasteiger partial charge in [0.1, 0.15) is 11.6 Å². The van der Waals surface area contributed by atoms with Gasteiger partial charge >= 0.3 is 12.1 Å². The van der Waals surface area contributed by atoms with Crippen LogP contribution in [0.1, 0.15) is 32.6 Å². The number of ether oxygens (including phenoxy) is 2. The maximum Gasteiger partial charge on any atom is 0.471 e. The quantitative estimate of drug-likeness (QED) is 0.431. The van der Waals surface area contributed by atoms with Crippen LogP contribution in [-0.4, -0.2) is 52.9 Å². The first kappa shape index (κ1) is 25.2. The molecule has 10 heteroatoms. The van der Waals surface area contributed by atoms with E-state index in [2.05, 4.69) is 4.98 Å². The van der Waals surface area contributed by atoms with Gasteiger partial charge in [0.15, 0.2) is 0 Å². The van der Waals surface area contributed by atoms with Crippen LogP contribution < -0.4 is 10.3 Å². The summed E-state index contributed by atoms with van der Waals surface area (Å²) in [6.07, 6.45) is -5.10. The predicted molar refractivity (Wildman–Crippen MR) is 121 cm³/mol. The lowest BCUT2D eigenvalue weighted by molar-refractivity contribution is -0.188. The van der Waals surface area contributed by atoms with Gasteiger partial charge in [-0.15, -0.1) is 0 Å². The standard InChI is InChI=1S/C24H26F3N3O4/c1-4-33-15-14-29(23(32)24(25,26)27)16(3)21-28-20-9-7-6-8-19(20)22(31)30(21)17-10-12-18(13-11-17)34-5-2/h6-13,16H,4-5,14-15H2,1-3H3. The summed E-state index contributed by atoms with van der Waals surface area (Å²) in [6, 6.07) is 11.9. The minimum absolute atomic E-state index is 0.00181. The highest BCUT2D eigenvalue weighted by Crippen LogP contribution is 2.28. The highest BCUT2D eigenvalue weighted by atomic mass is 19.4. The van der Waals surface area contributed by atoms with Crippen molar-refractivity contribution in [2.75, 3.05) is 26.4 Å². The van der Waals surface area contributed by atoms with E-state index in [1.165, 1.54) is 11.5 Å². The number of halogens is 3. The molecule has 0 radical (unpaired) electrons. The molecule has 0 aliphatic heterocycles. The molecular formula is C24H26F3N3O4. The molecule has 2 aromatic carbocycles. The zero-order chi connectivity index (χ0) is 24.9. The number of nitrogens with zero attached hydrogens (tertiary/aromatic N) is 3. The van der Waals surface area contributed by atoms with Crippen molar-refractivity contribution in [1.29, 1.82) is 0 Å². The van der Waals surface area contributed by atoms with Gasteiger partial charge in [0, 0.05) is 13.2 Å². The molecule has 0 spiro atoms. The molecular weight excluding hydrogens is 451 g/mol. The van der Waals surface area contributed by atoms with E-state index in [9.17, 15) is 22.8 Å². The second-order valence-corrected chi connectivity index (χ2v) is 7.42. The number of amides is 1. The van der Waals surface area contributed by atoms with Crippen LogP contribution in [0.15, 0.2) is 53.3 Å². The van der Waals surface area contributed by atoms with Crippen LogP contribution in [0.3, 0.4) is 0 Å². The summed E-state index contributed by atoms with van der Waals surface area (Å²) in [5.41, 5.74) is 0.249. The first-order valence-electron chi connectivity index (χ1n) is 10.9. The van der Waals surface area contributed by atoms with E-state index in [1.807, 2.05) is 6.92 Å². The lowest BCUT2D eigenvalue weighted by atomic mass is 10.1. The van der Waals surface area contributed by atoms with Crippen molar-refractivity contribution in [2.24, 2.45) is 0 Å². The summed E-state index contributed by atoms with van der Waals surface area (Å²) >= 11 is 0. The average molecular weight is 477 g/mol. The largest absolute Gasteiger partial charge is 0.494 e. The number of hydrogen-bond acceptors (Lipinski definition) is 5. The van der Waals surface area contributed by atoms with Crippen LogP contribution in [0.5, 0.6) is 5.75 Å². The topological polar surface area (TPSA) is 73.7 Å². The number of fused-ring (bicyclic) bond motifs is 1. The van der Waals surface area contributed by atoms with Crippen molar-refractivity contribution < 1.29 is 27.4 Å². The zero-order valence-electron chi connectivity index (χ0n) is 19.1. The summed E-state index contributed by atoms with van der Waals surface area (Å²) in [5.74, 6) is -1.45. The Morgan fingerprint density at radius 1 is 1.09 bits per heavy atom. The Bertz CT molecular complexity index is 1190. The number of benzene rings is 2. The van der Waals surface area contributed by atoms with E-state index >= 15 is 0 Å². The van der Waals surface area contributed by atoms with Gasteiger partial charge in [0.25, 0.3) is 5.56 Å². The van der Waals surface area contributed by atoms with Gasteiger partial charge in [0.2, 0.25) is 0 Å². The number of para-hydroxylation sites is 1. The summed E-state index contributed by atoms with van der Waals surface area (Å²) < 4.78 is 52.1. The molecule has 0 saturated carbocycles. The molecule has 3 rings (SSSR count). The fourth-order valence-electron chi connectivity index (χ4n) is 3.62. The third kappa shape index (κ3) is 5.39. The summed E-state index contributed by atoms with van der Waals surface area (Å²) in [5, 5.41) is 0.301. The van der Waals surface area contributed by atoms with Crippen LogP contribution in [-0.2, 0) is 9.53 Å². The minimum Gasteiger partial charge on any atom is -0.494 e. The van der Waals surface area contributed by atoms with E-state index in [4.69, 9.17) is 9.47 Å². The normalized spacial score (nSPS) is 12.5. The summed E-state index contributed by atoms with van der Waals surface area (Å²) in [7, 11) is 0. The van der Waals surface area contributed by atoms with Crippen LogP contribution in [0.2, 0.25) is 0 Å². The van der Waals surface area contributed by atoms with Crippen LogP contribution in [0.25, 0.3) is 16.6 Å². The highest BCUT2D eigenvalue weighted by molar-refractivity contribution is 5.82. The second kappa shape index (κ2) is 10.7. The lowest BCUT2D eigenvalue weighted by Crippen LogP contribution is -2.45. The summed E-state index contributed by atoms with van der Waals surface area (Å²) in [6.45, 7) is 5.27. The molecule has 0 saturated heterocycles. The van der Waals surface area contributed by atoms with E-state index < -0.39 is 23.7 Å². The first-order chi connectivity index (χ1) is 16.2. The SMILES string of the molecule is CCOCCN(C(=O)C(F)(F)F)C(C)c1nc2ccccc2c(=O)n1-c1ccc(OCC)cc1. The molecule has 1 amide bonds. The lowest BCUT2D eigenvalue weighted by Gasteiger charge is -2.31. The number of aromatic nitrogens is 2. The highest BCUT2D eigenvalue weighted by Gasteiger charge is 2.44. The maximum absolute atomic E-state index is 13.5. The third-order valence-corrected chi connectivity index (χ3v) is 5.23. The molecule has 0 N–H and O–H groups in total. The maximum atomic E-state index is 13.5. The number of carbonyl (C=O) groups is 1. The van der Waals surface area contributed by atoms with Gasteiger partial charge in [-0.3, -0.25) is 14.2 Å². The predicted octanol–water partition coefficient (Wildman–Crippen LogP) is 4.27. The van der Waals surface area contributed by atoms with Gasteiger partial charge < -0.3 is 14.4 Å². The molecule has 1 aromatic heterocycles. The first-order valence-corrected chi connectivity index (χ1v) is 10.9. The number of hydrogen-bond donors (Lipinski definition) is 0. The molecule has 182 valence electrons. The molecule has 0 aliphatic rings. The minimum atomic E-state index is -5.10. The average Bonchev–Trinajstić information content (AvgIpc) is 2.81. The van der Waals surface area contributed by atoms with Crippen molar-refractivity contribution in [3.8, 4) is 11.4 Å². The van der Waals surface area contributed by atoms with Gasteiger partial charge in [-0.25, -0.2) is 4.98 Å². The van der Waals surface area contributed by atoms with E-state index in [0.717, 1.165) is 0 Å². The Hall–Kier alpha value is -3.40. The molecule has 7 nitrogen and oxygen atoms in total. The van der Waals surface area contributed by atoms with Crippen molar-refractivity contribution in [3.05, 3.63) is 64.7 Å². The Balaban J connectivity index is 2.19. The fourth-order valence-corrected chi connectivity index (χ4v) is 3.62. The number of carbonyl (C=O) groups excluding carboxylic acids is 1. The van der Waals surface area contributed by atoms with Gasteiger partial charge in [-0.1, -0.05) is 12.1 Å². The summed E-state index contributed by atoms with van der Waals surface area (Å²) in [4.78, 5) is 30.9. The van der Waals surface area contributed by atoms with Gasteiger partial charge in [0.05, 0.1) is 35.8 Å².